The van der Waals surface area contributed by atoms with Crippen LogP contribution in [0.1, 0.15) is 18.9 Å². The van der Waals surface area contributed by atoms with Crippen LogP contribution in [0.3, 0.4) is 0 Å². The largest absolute Gasteiger partial charge is 0.467 e. The molecule has 2 aliphatic rings. The fraction of sp³-hybridized carbons (Fsp3) is 0.615. The number of hydrogen-bond acceptors (Lipinski definition) is 6. The maximum absolute atomic E-state index is 12.4. The minimum atomic E-state index is -0.662. The fourth-order valence-electron chi connectivity index (χ4n) is 2.39. The lowest BCUT2D eigenvalue weighted by atomic mass is 10.2. The van der Waals surface area contributed by atoms with E-state index in [1.165, 1.54) is 7.11 Å². The number of aromatic nitrogens is 2. The van der Waals surface area contributed by atoms with Crippen LogP contribution in [0.2, 0.25) is 0 Å². The monoisotopic (exact) mass is 279 g/mol. The van der Waals surface area contributed by atoms with Gasteiger partial charge in [0.25, 0.3) is 5.56 Å². The number of ether oxygens (including phenoxy) is 2. The van der Waals surface area contributed by atoms with Gasteiger partial charge in [0, 0.05) is 25.0 Å². The summed E-state index contributed by atoms with van der Waals surface area (Å²) in [6.45, 7) is 1.22. The fourth-order valence-corrected chi connectivity index (χ4v) is 2.39. The Bertz CT molecular complexity index is 567. The predicted molar refractivity (Wildman–Crippen MR) is 70.7 cm³/mol. The maximum Gasteiger partial charge on any atom is 0.336 e. The Labute approximate surface area is 116 Å². The average Bonchev–Trinajstić information content (AvgIpc) is 3.31. The Morgan fingerprint density at radius 1 is 1.50 bits per heavy atom. The third kappa shape index (κ3) is 2.40. The average molecular weight is 279 g/mol. The van der Waals surface area contributed by atoms with E-state index in [9.17, 15) is 9.59 Å². The number of hydrogen-bond donors (Lipinski definition) is 0. The molecule has 0 N–H and O–H groups in total. The first-order chi connectivity index (χ1) is 9.70. The van der Waals surface area contributed by atoms with Crippen molar-refractivity contribution in [3.05, 3.63) is 22.7 Å². The molecule has 1 saturated heterocycles. The number of methoxy groups -OCH3 is 1. The van der Waals surface area contributed by atoms with E-state index < -0.39 is 12.1 Å². The minimum absolute atomic E-state index is 0.0967. The van der Waals surface area contributed by atoms with E-state index in [0.717, 1.165) is 12.8 Å². The summed E-state index contributed by atoms with van der Waals surface area (Å²) in [6, 6.07) is 0.307. The van der Waals surface area contributed by atoms with E-state index in [4.69, 9.17) is 4.74 Å². The van der Waals surface area contributed by atoms with Gasteiger partial charge in [-0.1, -0.05) is 0 Å². The Morgan fingerprint density at radius 3 is 3.00 bits per heavy atom. The van der Waals surface area contributed by atoms with Crippen LogP contribution in [0.4, 0.5) is 5.82 Å². The molecule has 2 fully saturated rings. The number of rotatable bonds is 3. The van der Waals surface area contributed by atoms with Crippen molar-refractivity contribution >= 4 is 11.8 Å². The quantitative estimate of drug-likeness (QED) is 0.723. The maximum atomic E-state index is 12.4. The van der Waals surface area contributed by atoms with Crippen LogP contribution in [-0.2, 0) is 14.3 Å². The van der Waals surface area contributed by atoms with Crippen LogP contribution in [0.25, 0.3) is 0 Å². The number of carbonyl (C=O) groups excluding carboxylic acids is 1. The number of morpholine rings is 1. The molecule has 1 saturated carbocycles. The summed E-state index contributed by atoms with van der Waals surface area (Å²) in [5.74, 6) is -0.0373. The second-order valence-electron chi connectivity index (χ2n) is 5.02. The molecule has 1 aliphatic carbocycles. The summed E-state index contributed by atoms with van der Waals surface area (Å²) in [5.41, 5.74) is -0.0967. The standard InChI is InChI=1S/C13H17N3O4/c1-19-13(18)10-8-15(6-7-20-10)11-12(17)16(5-4-14-11)9-2-3-9/h4-5,9-10H,2-3,6-8H2,1H3. The lowest BCUT2D eigenvalue weighted by molar-refractivity contribution is -0.154. The third-order valence-corrected chi connectivity index (χ3v) is 3.62. The molecule has 1 aromatic heterocycles. The van der Waals surface area contributed by atoms with Crippen molar-refractivity contribution in [1.29, 1.82) is 0 Å². The zero-order valence-corrected chi connectivity index (χ0v) is 11.3. The highest BCUT2D eigenvalue weighted by Gasteiger charge is 2.31. The molecule has 7 nitrogen and oxygen atoms in total. The lowest BCUT2D eigenvalue weighted by Crippen LogP contribution is -2.48. The van der Waals surface area contributed by atoms with E-state index in [0.29, 0.717) is 31.6 Å². The van der Waals surface area contributed by atoms with Crippen molar-refractivity contribution in [2.24, 2.45) is 0 Å². The van der Waals surface area contributed by atoms with Gasteiger partial charge in [-0.05, 0) is 12.8 Å². The molecule has 0 aromatic carbocycles. The molecule has 2 heterocycles. The van der Waals surface area contributed by atoms with Gasteiger partial charge >= 0.3 is 5.97 Å². The lowest BCUT2D eigenvalue weighted by Gasteiger charge is -2.31. The Balaban J connectivity index is 1.83. The Hall–Kier alpha value is -1.89. The van der Waals surface area contributed by atoms with Gasteiger partial charge in [0.1, 0.15) is 0 Å². The second-order valence-corrected chi connectivity index (χ2v) is 5.02. The SMILES string of the molecule is COC(=O)C1CN(c2nccn(C3CC3)c2=O)CCO1. The molecule has 1 aliphatic heterocycles. The summed E-state index contributed by atoms with van der Waals surface area (Å²) in [5, 5.41) is 0. The summed E-state index contributed by atoms with van der Waals surface area (Å²) in [7, 11) is 1.32. The highest BCUT2D eigenvalue weighted by Crippen LogP contribution is 2.33. The van der Waals surface area contributed by atoms with Crippen LogP contribution in [-0.4, -0.2) is 48.4 Å². The van der Waals surface area contributed by atoms with Gasteiger partial charge in [-0.25, -0.2) is 9.78 Å². The topological polar surface area (TPSA) is 73.7 Å². The Morgan fingerprint density at radius 2 is 2.30 bits per heavy atom. The van der Waals surface area contributed by atoms with Gasteiger partial charge in [0.2, 0.25) is 0 Å². The third-order valence-electron chi connectivity index (χ3n) is 3.62. The molecule has 0 spiro atoms. The zero-order chi connectivity index (χ0) is 14.1. The summed E-state index contributed by atoms with van der Waals surface area (Å²) < 4.78 is 11.8. The molecular weight excluding hydrogens is 262 g/mol. The van der Waals surface area contributed by atoms with Gasteiger partial charge in [-0.15, -0.1) is 0 Å². The number of nitrogens with zero attached hydrogens (tertiary/aromatic N) is 3. The van der Waals surface area contributed by atoms with Crippen molar-refractivity contribution in [2.45, 2.75) is 25.0 Å². The van der Waals surface area contributed by atoms with Crippen LogP contribution in [0.15, 0.2) is 17.2 Å². The highest BCUT2D eigenvalue weighted by molar-refractivity contribution is 5.75. The predicted octanol–water partition coefficient (Wildman–Crippen LogP) is -0.0436. The second kappa shape index (κ2) is 5.24. The van der Waals surface area contributed by atoms with Gasteiger partial charge < -0.3 is 18.9 Å². The molecular formula is C13H17N3O4. The molecule has 108 valence electrons. The van der Waals surface area contributed by atoms with E-state index >= 15 is 0 Å². The van der Waals surface area contributed by atoms with Crippen molar-refractivity contribution in [2.75, 3.05) is 31.7 Å². The number of carbonyl (C=O) groups is 1. The first-order valence-corrected chi connectivity index (χ1v) is 6.72. The van der Waals surface area contributed by atoms with Gasteiger partial charge in [0.15, 0.2) is 11.9 Å². The number of esters is 1. The molecule has 7 heteroatoms. The Kier molecular flexibility index (Phi) is 3.43. The molecule has 1 unspecified atom stereocenters. The normalized spacial score (nSPS) is 22.6. The van der Waals surface area contributed by atoms with Crippen LogP contribution in [0.5, 0.6) is 0 Å². The summed E-state index contributed by atoms with van der Waals surface area (Å²) in [4.78, 5) is 29.9. The summed E-state index contributed by atoms with van der Waals surface area (Å²) in [6.07, 6.45) is 4.78. The first-order valence-electron chi connectivity index (χ1n) is 6.72. The minimum Gasteiger partial charge on any atom is -0.467 e. The van der Waals surface area contributed by atoms with Crippen molar-refractivity contribution in [3.63, 3.8) is 0 Å². The van der Waals surface area contributed by atoms with E-state index in [-0.39, 0.29) is 5.56 Å². The van der Waals surface area contributed by atoms with E-state index in [1.807, 2.05) is 0 Å². The van der Waals surface area contributed by atoms with Gasteiger partial charge in [-0.2, -0.15) is 0 Å². The summed E-state index contributed by atoms with van der Waals surface area (Å²) >= 11 is 0. The van der Waals surface area contributed by atoms with Gasteiger partial charge in [-0.3, -0.25) is 4.79 Å². The van der Waals surface area contributed by atoms with E-state index in [1.54, 1.807) is 21.9 Å². The zero-order valence-electron chi connectivity index (χ0n) is 11.3. The molecule has 3 rings (SSSR count). The molecule has 0 radical (unpaired) electrons. The molecule has 0 amide bonds. The van der Waals surface area contributed by atoms with Crippen LogP contribution >= 0.6 is 0 Å². The first kappa shape index (κ1) is 13.1. The van der Waals surface area contributed by atoms with Crippen LogP contribution < -0.4 is 10.5 Å². The molecule has 1 aromatic rings. The van der Waals surface area contributed by atoms with Crippen molar-refractivity contribution in [1.82, 2.24) is 9.55 Å². The smallest absolute Gasteiger partial charge is 0.336 e. The molecule has 0 bridgehead atoms. The number of anilines is 1. The molecule has 1 atom stereocenters. The van der Waals surface area contributed by atoms with Gasteiger partial charge in [0.05, 0.1) is 20.3 Å². The van der Waals surface area contributed by atoms with E-state index in [2.05, 4.69) is 9.72 Å². The highest BCUT2D eigenvalue weighted by atomic mass is 16.6. The van der Waals surface area contributed by atoms with Crippen molar-refractivity contribution in [3.8, 4) is 0 Å². The van der Waals surface area contributed by atoms with Crippen LogP contribution in [0, 0.1) is 0 Å². The molecule has 20 heavy (non-hydrogen) atoms. The van der Waals surface area contributed by atoms with Crippen molar-refractivity contribution < 1.29 is 14.3 Å².